The van der Waals surface area contributed by atoms with Crippen LogP contribution >= 0.6 is 0 Å². The Balaban J connectivity index is 1.89. The van der Waals surface area contributed by atoms with Crippen LogP contribution in [0.25, 0.3) is 22.4 Å². The first-order valence-corrected chi connectivity index (χ1v) is 9.75. The summed E-state index contributed by atoms with van der Waals surface area (Å²) in [6.07, 6.45) is -1.14. The van der Waals surface area contributed by atoms with Crippen LogP contribution in [0.3, 0.4) is 0 Å². The van der Waals surface area contributed by atoms with Gasteiger partial charge in [0, 0.05) is 17.2 Å². The van der Waals surface area contributed by atoms with Crippen molar-refractivity contribution in [1.82, 2.24) is 9.97 Å². The molecule has 6 nitrogen and oxygen atoms in total. The number of rotatable bonds is 6. The van der Waals surface area contributed by atoms with E-state index in [0.29, 0.717) is 17.1 Å². The van der Waals surface area contributed by atoms with Crippen LogP contribution in [0.4, 0.5) is 13.2 Å². The molecule has 0 bridgehead atoms. The molecule has 4 aromatic rings. The van der Waals surface area contributed by atoms with Crippen molar-refractivity contribution in [3.63, 3.8) is 0 Å². The molecule has 4 rings (SSSR count). The highest BCUT2D eigenvalue weighted by Gasteiger charge is 2.24. The van der Waals surface area contributed by atoms with Gasteiger partial charge in [-0.2, -0.15) is 0 Å². The number of aliphatic hydroxyl groups is 3. The van der Waals surface area contributed by atoms with E-state index >= 15 is 0 Å². The van der Waals surface area contributed by atoms with E-state index in [4.69, 9.17) is 5.11 Å². The third kappa shape index (κ3) is 4.50. The Morgan fingerprint density at radius 1 is 0.909 bits per heavy atom. The zero-order valence-electron chi connectivity index (χ0n) is 16.9. The quantitative estimate of drug-likeness (QED) is 0.197. The van der Waals surface area contributed by atoms with Crippen LogP contribution < -0.4 is 0 Å². The predicted molar refractivity (Wildman–Crippen MR) is 115 cm³/mol. The van der Waals surface area contributed by atoms with Crippen molar-refractivity contribution in [3.8, 4) is 0 Å². The van der Waals surface area contributed by atoms with E-state index in [-0.39, 0.29) is 22.5 Å². The molecule has 33 heavy (non-hydrogen) atoms. The Morgan fingerprint density at radius 2 is 1.58 bits per heavy atom. The standard InChI is InChI=1S/C24H17F3N2O4/c25-15-5-6-18-19(10-15)29-24(28-18)21(23(33)14-7-16(26)9-17(27)8-14)22(32)13-3-1-12(2-4-13)20(31)11-30/h1-10,20,30-31,33H,11H2,(H,28,29). The van der Waals surface area contributed by atoms with Crippen LogP contribution in [0.2, 0.25) is 0 Å². The van der Waals surface area contributed by atoms with E-state index in [9.17, 15) is 28.2 Å². The minimum absolute atomic E-state index is 0.0638. The lowest BCUT2D eigenvalue weighted by Crippen LogP contribution is -2.09. The van der Waals surface area contributed by atoms with Gasteiger partial charge in [-0.1, -0.05) is 24.3 Å². The molecule has 0 aliphatic heterocycles. The topological polar surface area (TPSA) is 106 Å². The predicted octanol–water partition coefficient (Wildman–Crippen LogP) is 4.32. The van der Waals surface area contributed by atoms with Crippen molar-refractivity contribution in [3.05, 3.63) is 101 Å². The largest absolute Gasteiger partial charge is 0.506 e. The minimum Gasteiger partial charge on any atom is -0.506 e. The molecule has 1 heterocycles. The van der Waals surface area contributed by atoms with Crippen LogP contribution in [0.15, 0.2) is 60.7 Å². The highest BCUT2D eigenvalue weighted by molar-refractivity contribution is 6.33. The summed E-state index contributed by atoms with van der Waals surface area (Å²) in [5, 5.41) is 29.7. The number of carbonyl (C=O) groups is 1. The number of aromatic amines is 1. The lowest BCUT2D eigenvalue weighted by atomic mass is 9.97. The molecule has 0 saturated heterocycles. The summed E-state index contributed by atoms with van der Waals surface area (Å²) in [6.45, 7) is -0.514. The van der Waals surface area contributed by atoms with E-state index in [1.165, 1.54) is 36.4 Å². The third-order valence-electron chi connectivity index (χ3n) is 5.01. The number of allylic oxidation sites excluding steroid dienone is 1. The monoisotopic (exact) mass is 454 g/mol. The molecule has 0 aliphatic rings. The maximum Gasteiger partial charge on any atom is 0.200 e. The van der Waals surface area contributed by atoms with Gasteiger partial charge in [-0.3, -0.25) is 4.79 Å². The summed E-state index contributed by atoms with van der Waals surface area (Å²) < 4.78 is 41.2. The van der Waals surface area contributed by atoms with E-state index in [0.717, 1.165) is 18.2 Å². The second kappa shape index (κ2) is 8.89. The molecule has 0 fully saturated rings. The molecular weight excluding hydrogens is 437 g/mol. The average Bonchev–Trinajstić information content (AvgIpc) is 3.20. The van der Waals surface area contributed by atoms with Gasteiger partial charge in [0.05, 0.1) is 17.6 Å². The molecule has 0 aliphatic carbocycles. The van der Waals surface area contributed by atoms with Gasteiger partial charge in [-0.25, -0.2) is 18.2 Å². The summed E-state index contributed by atoms with van der Waals surface area (Å²) in [5.74, 6) is -4.10. The summed E-state index contributed by atoms with van der Waals surface area (Å²) in [5.41, 5.74) is 0.275. The number of hydrogen-bond donors (Lipinski definition) is 4. The number of Topliss-reactive ketones (excluding diaryl/α,β-unsaturated/α-hetero) is 1. The first-order chi connectivity index (χ1) is 15.8. The number of benzene rings is 3. The van der Waals surface area contributed by atoms with Crippen molar-refractivity contribution in [2.45, 2.75) is 6.10 Å². The molecule has 1 atom stereocenters. The van der Waals surface area contributed by atoms with Crippen LogP contribution in [-0.2, 0) is 0 Å². The SMILES string of the molecule is O=C(C(=C(O)c1cc(F)cc(F)c1)c1nc2ccc(F)cc2[nH]1)c1ccc(C(O)CO)cc1. The summed E-state index contributed by atoms with van der Waals surface area (Å²) in [4.78, 5) is 20.4. The number of carbonyl (C=O) groups excluding carboxylic acids is 1. The fourth-order valence-corrected chi connectivity index (χ4v) is 3.37. The van der Waals surface area contributed by atoms with Crippen LogP contribution in [0, 0.1) is 17.5 Å². The Bertz CT molecular complexity index is 1360. The van der Waals surface area contributed by atoms with E-state index < -0.39 is 47.3 Å². The number of ketones is 1. The molecule has 0 radical (unpaired) electrons. The second-order valence-electron chi connectivity index (χ2n) is 7.28. The third-order valence-corrected chi connectivity index (χ3v) is 5.01. The zero-order chi connectivity index (χ0) is 23.7. The lowest BCUT2D eigenvalue weighted by molar-refractivity contribution is 0.0955. The molecule has 0 spiro atoms. The summed E-state index contributed by atoms with van der Waals surface area (Å²) >= 11 is 0. The summed E-state index contributed by atoms with van der Waals surface area (Å²) in [7, 11) is 0. The van der Waals surface area contributed by atoms with Crippen molar-refractivity contribution < 1.29 is 33.3 Å². The number of aliphatic hydroxyl groups excluding tert-OH is 3. The van der Waals surface area contributed by atoms with Gasteiger partial charge in [-0.05, 0) is 35.9 Å². The Labute approximate surface area is 185 Å². The summed E-state index contributed by atoms with van der Waals surface area (Å²) in [6, 6.07) is 11.6. The number of aromatic nitrogens is 2. The van der Waals surface area contributed by atoms with Gasteiger partial charge in [0.2, 0.25) is 5.78 Å². The van der Waals surface area contributed by atoms with Gasteiger partial charge in [0.1, 0.15) is 40.7 Å². The lowest BCUT2D eigenvalue weighted by Gasteiger charge is -2.11. The highest BCUT2D eigenvalue weighted by atomic mass is 19.1. The van der Waals surface area contributed by atoms with Gasteiger partial charge < -0.3 is 20.3 Å². The second-order valence-corrected chi connectivity index (χ2v) is 7.28. The van der Waals surface area contributed by atoms with Crippen molar-refractivity contribution in [2.24, 2.45) is 0 Å². The Morgan fingerprint density at radius 3 is 2.21 bits per heavy atom. The molecular formula is C24H17F3N2O4. The van der Waals surface area contributed by atoms with Gasteiger partial charge in [0.15, 0.2) is 0 Å². The maximum absolute atomic E-state index is 13.8. The maximum atomic E-state index is 13.8. The van der Waals surface area contributed by atoms with Crippen molar-refractivity contribution in [2.75, 3.05) is 6.61 Å². The van der Waals surface area contributed by atoms with Gasteiger partial charge in [0.25, 0.3) is 0 Å². The van der Waals surface area contributed by atoms with E-state index in [1.54, 1.807) is 0 Å². The van der Waals surface area contributed by atoms with Crippen LogP contribution in [-0.4, -0.2) is 37.7 Å². The fourth-order valence-electron chi connectivity index (χ4n) is 3.37. The molecule has 3 aromatic carbocycles. The van der Waals surface area contributed by atoms with Crippen molar-refractivity contribution in [1.29, 1.82) is 0 Å². The Kier molecular flexibility index (Phi) is 5.99. The fraction of sp³-hybridized carbons (Fsp3) is 0.0833. The first-order valence-electron chi connectivity index (χ1n) is 9.75. The minimum atomic E-state index is -1.14. The number of imidazole rings is 1. The zero-order valence-corrected chi connectivity index (χ0v) is 16.9. The average molecular weight is 454 g/mol. The molecule has 9 heteroatoms. The number of halogens is 3. The van der Waals surface area contributed by atoms with Crippen LogP contribution in [0.1, 0.15) is 33.4 Å². The molecule has 4 N–H and O–H groups in total. The van der Waals surface area contributed by atoms with Gasteiger partial charge >= 0.3 is 0 Å². The number of H-pyrrole nitrogens is 1. The van der Waals surface area contributed by atoms with Crippen molar-refractivity contribution >= 4 is 28.1 Å². The normalized spacial score (nSPS) is 13.1. The molecule has 1 aromatic heterocycles. The smallest absolute Gasteiger partial charge is 0.200 e. The van der Waals surface area contributed by atoms with Crippen LogP contribution in [0.5, 0.6) is 0 Å². The van der Waals surface area contributed by atoms with Gasteiger partial charge in [-0.15, -0.1) is 0 Å². The Hall–Kier alpha value is -3.95. The number of nitrogens with one attached hydrogen (secondary N) is 1. The molecule has 1 unspecified atom stereocenters. The molecule has 168 valence electrons. The first kappa shape index (κ1) is 22.3. The number of fused-ring (bicyclic) bond motifs is 1. The molecule has 0 saturated carbocycles. The highest BCUT2D eigenvalue weighted by Crippen LogP contribution is 2.29. The number of nitrogens with zero attached hydrogens (tertiary/aromatic N) is 1. The molecule has 0 amide bonds. The number of hydrogen-bond acceptors (Lipinski definition) is 5. The van der Waals surface area contributed by atoms with E-state index in [1.807, 2.05) is 0 Å². The van der Waals surface area contributed by atoms with E-state index in [2.05, 4.69) is 9.97 Å².